The summed E-state index contributed by atoms with van der Waals surface area (Å²) in [5.74, 6) is 1.72. The van der Waals surface area contributed by atoms with Crippen molar-refractivity contribution < 1.29 is 4.79 Å². The molecule has 0 saturated heterocycles. The molecule has 1 aliphatic carbocycles. The third kappa shape index (κ3) is 6.31. The van der Waals surface area contributed by atoms with E-state index >= 15 is 0 Å². The van der Waals surface area contributed by atoms with Crippen molar-refractivity contribution in [1.29, 1.82) is 0 Å². The summed E-state index contributed by atoms with van der Waals surface area (Å²) in [6.07, 6.45) is 10.3. The molecule has 142 valence electrons. The van der Waals surface area contributed by atoms with E-state index in [2.05, 4.69) is 42.7 Å². The molecule has 0 bridgehead atoms. The normalized spacial score (nSPS) is 15.6. The van der Waals surface area contributed by atoms with E-state index in [0.717, 1.165) is 35.6 Å². The lowest BCUT2D eigenvalue weighted by Crippen LogP contribution is -2.39. The second-order valence-electron chi connectivity index (χ2n) is 7.01. The molecule has 1 aromatic rings. The maximum Gasteiger partial charge on any atom is 0.220 e. The van der Waals surface area contributed by atoms with Gasteiger partial charge in [0.15, 0.2) is 0 Å². The highest BCUT2D eigenvalue weighted by Crippen LogP contribution is 2.31. The molecule has 1 atom stereocenters. The van der Waals surface area contributed by atoms with Gasteiger partial charge in [0.2, 0.25) is 5.91 Å². The predicted octanol–water partition coefficient (Wildman–Crippen LogP) is 5.70. The Kier molecular flexibility index (Phi) is 8.96. The molecule has 0 heterocycles. The Labute approximate surface area is 162 Å². The molecule has 1 aromatic carbocycles. The van der Waals surface area contributed by atoms with Gasteiger partial charge in [-0.15, -0.1) is 18.3 Å². The third-order valence-corrected chi connectivity index (χ3v) is 6.28. The molecular formula is C22H32N2OS. The molecule has 1 fully saturated rings. The minimum Gasteiger partial charge on any atom is -0.353 e. The molecule has 1 aliphatic rings. The highest BCUT2D eigenvalue weighted by atomic mass is 32.2. The number of nitrogens with zero attached hydrogens (tertiary/aromatic N) is 1. The Morgan fingerprint density at radius 2 is 2.19 bits per heavy atom. The molecule has 4 heteroatoms. The van der Waals surface area contributed by atoms with Gasteiger partial charge in [0, 0.05) is 17.4 Å². The Bertz CT molecular complexity index is 608. The number of rotatable bonds is 11. The van der Waals surface area contributed by atoms with Crippen LogP contribution in [0.4, 0.5) is 5.69 Å². The lowest BCUT2D eigenvalue weighted by Gasteiger charge is -2.23. The van der Waals surface area contributed by atoms with E-state index in [4.69, 9.17) is 0 Å². The summed E-state index contributed by atoms with van der Waals surface area (Å²) in [4.78, 5) is 17.6. The summed E-state index contributed by atoms with van der Waals surface area (Å²) in [5.41, 5.74) is 2.24. The zero-order valence-corrected chi connectivity index (χ0v) is 16.8. The van der Waals surface area contributed by atoms with Gasteiger partial charge >= 0.3 is 0 Å². The Morgan fingerprint density at radius 1 is 1.42 bits per heavy atom. The standard InChI is InChI=1S/C22H32N2OS/c1-4-9-19(18-10-6-7-11-18)24-22(25)12-8-15-26-21-16-17(5-2)13-14-20(21)23-3/h4,13-14,16,18-19H,1,3,5-12,15H2,2H3,(H,24,25). The predicted molar refractivity (Wildman–Crippen MR) is 114 cm³/mol. The summed E-state index contributed by atoms with van der Waals surface area (Å²) in [7, 11) is 0. The fourth-order valence-electron chi connectivity index (χ4n) is 3.63. The molecule has 3 nitrogen and oxygen atoms in total. The quantitative estimate of drug-likeness (QED) is 0.234. The highest BCUT2D eigenvalue weighted by Gasteiger charge is 2.25. The molecule has 1 amide bonds. The van der Waals surface area contributed by atoms with Crippen LogP contribution in [0.2, 0.25) is 0 Å². The van der Waals surface area contributed by atoms with Crippen LogP contribution >= 0.6 is 11.8 Å². The number of thioether (sulfide) groups is 1. The number of hydrogen-bond acceptors (Lipinski definition) is 3. The molecular weight excluding hydrogens is 340 g/mol. The molecule has 1 unspecified atom stereocenters. The first-order valence-corrected chi connectivity index (χ1v) is 10.8. The van der Waals surface area contributed by atoms with Crippen LogP contribution in [0.15, 0.2) is 40.7 Å². The van der Waals surface area contributed by atoms with Crippen molar-refractivity contribution in [2.75, 3.05) is 5.75 Å². The van der Waals surface area contributed by atoms with Gasteiger partial charge in [0.1, 0.15) is 0 Å². The summed E-state index contributed by atoms with van der Waals surface area (Å²) in [6.45, 7) is 9.66. The van der Waals surface area contributed by atoms with E-state index in [1.165, 1.54) is 31.2 Å². The van der Waals surface area contributed by atoms with Crippen LogP contribution in [0.5, 0.6) is 0 Å². The molecule has 1 saturated carbocycles. The second-order valence-corrected chi connectivity index (χ2v) is 8.15. The smallest absolute Gasteiger partial charge is 0.220 e. The van der Waals surface area contributed by atoms with Crippen molar-refractivity contribution in [3.8, 4) is 0 Å². The first-order chi connectivity index (χ1) is 12.7. The summed E-state index contributed by atoms with van der Waals surface area (Å²) in [5, 5.41) is 3.25. The van der Waals surface area contributed by atoms with E-state index in [1.54, 1.807) is 11.8 Å². The summed E-state index contributed by atoms with van der Waals surface area (Å²) in [6, 6.07) is 6.59. The van der Waals surface area contributed by atoms with Crippen molar-refractivity contribution in [1.82, 2.24) is 5.32 Å². The molecule has 0 aromatic heterocycles. The first kappa shape index (κ1) is 20.8. The lowest BCUT2D eigenvalue weighted by atomic mass is 9.95. The Morgan fingerprint density at radius 3 is 2.85 bits per heavy atom. The van der Waals surface area contributed by atoms with E-state index in [1.807, 2.05) is 12.1 Å². The number of aryl methyl sites for hydroxylation is 1. The van der Waals surface area contributed by atoms with Gasteiger partial charge in [0.25, 0.3) is 0 Å². The van der Waals surface area contributed by atoms with E-state index in [-0.39, 0.29) is 11.9 Å². The van der Waals surface area contributed by atoms with Gasteiger partial charge in [-0.2, -0.15) is 0 Å². The van der Waals surface area contributed by atoms with E-state index in [0.29, 0.717) is 12.3 Å². The Balaban J connectivity index is 1.77. The van der Waals surface area contributed by atoms with Crippen LogP contribution in [0.3, 0.4) is 0 Å². The van der Waals surface area contributed by atoms with Crippen LogP contribution in [0, 0.1) is 5.92 Å². The zero-order valence-electron chi connectivity index (χ0n) is 16.0. The number of carbonyl (C=O) groups is 1. The van der Waals surface area contributed by atoms with Gasteiger partial charge in [-0.1, -0.05) is 31.9 Å². The van der Waals surface area contributed by atoms with Crippen molar-refractivity contribution in [3.63, 3.8) is 0 Å². The molecule has 0 aliphatic heterocycles. The van der Waals surface area contributed by atoms with Crippen LogP contribution in [-0.2, 0) is 11.2 Å². The summed E-state index contributed by atoms with van der Waals surface area (Å²) < 4.78 is 0. The van der Waals surface area contributed by atoms with Gasteiger partial charge in [-0.3, -0.25) is 9.79 Å². The van der Waals surface area contributed by atoms with Crippen molar-refractivity contribution >= 4 is 30.1 Å². The number of aliphatic imine (C=N–C) groups is 1. The van der Waals surface area contributed by atoms with Crippen molar-refractivity contribution in [2.45, 2.75) is 69.2 Å². The Hall–Kier alpha value is -1.55. The lowest BCUT2D eigenvalue weighted by molar-refractivity contribution is -0.122. The molecule has 0 radical (unpaired) electrons. The van der Waals surface area contributed by atoms with Gasteiger partial charge < -0.3 is 5.32 Å². The fraction of sp³-hybridized carbons (Fsp3) is 0.545. The monoisotopic (exact) mass is 372 g/mol. The van der Waals surface area contributed by atoms with Crippen molar-refractivity contribution in [2.24, 2.45) is 10.9 Å². The zero-order chi connectivity index (χ0) is 18.8. The second kappa shape index (κ2) is 11.2. The van der Waals surface area contributed by atoms with Crippen LogP contribution in [0.1, 0.15) is 57.4 Å². The SMILES string of the molecule is C=CCC(NC(=O)CCCSc1cc(CC)ccc1N=C)C1CCCC1. The fourth-order valence-corrected chi connectivity index (χ4v) is 4.65. The molecule has 26 heavy (non-hydrogen) atoms. The van der Waals surface area contributed by atoms with Crippen LogP contribution in [-0.4, -0.2) is 24.4 Å². The van der Waals surface area contributed by atoms with E-state index < -0.39 is 0 Å². The number of hydrogen-bond donors (Lipinski definition) is 1. The van der Waals surface area contributed by atoms with E-state index in [9.17, 15) is 4.79 Å². The number of benzene rings is 1. The number of nitrogens with one attached hydrogen (secondary N) is 1. The molecule has 1 N–H and O–H groups in total. The maximum absolute atomic E-state index is 12.3. The average molecular weight is 373 g/mol. The van der Waals surface area contributed by atoms with Crippen LogP contribution < -0.4 is 5.32 Å². The molecule has 0 spiro atoms. The van der Waals surface area contributed by atoms with Crippen molar-refractivity contribution in [3.05, 3.63) is 36.4 Å². The first-order valence-electron chi connectivity index (χ1n) is 9.80. The number of carbonyl (C=O) groups excluding carboxylic acids is 1. The average Bonchev–Trinajstić information content (AvgIpc) is 3.19. The maximum atomic E-state index is 12.3. The van der Waals surface area contributed by atoms with Gasteiger partial charge in [-0.25, -0.2) is 0 Å². The molecule has 2 rings (SSSR count). The third-order valence-electron chi connectivity index (χ3n) is 5.14. The van der Waals surface area contributed by atoms with Gasteiger partial charge in [0.05, 0.1) is 5.69 Å². The topological polar surface area (TPSA) is 41.5 Å². The minimum absolute atomic E-state index is 0.175. The highest BCUT2D eigenvalue weighted by molar-refractivity contribution is 7.99. The number of amides is 1. The van der Waals surface area contributed by atoms with Crippen LogP contribution in [0.25, 0.3) is 0 Å². The van der Waals surface area contributed by atoms with Gasteiger partial charge in [-0.05, 0) is 68.2 Å². The largest absolute Gasteiger partial charge is 0.353 e. The minimum atomic E-state index is 0.175. The summed E-state index contributed by atoms with van der Waals surface area (Å²) >= 11 is 1.77.